The van der Waals surface area contributed by atoms with Crippen molar-refractivity contribution in [2.45, 2.75) is 22.8 Å². The molecule has 0 spiro atoms. The van der Waals surface area contributed by atoms with Crippen molar-refractivity contribution < 1.29 is 13.9 Å². The number of hydrogen-bond acceptors (Lipinski definition) is 2. The van der Waals surface area contributed by atoms with Crippen molar-refractivity contribution in [2.75, 3.05) is 6.61 Å². The van der Waals surface area contributed by atoms with Gasteiger partial charge < -0.3 is 9.47 Å². The molecule has 5 heteroatoms. The fourth-order valence-electron chi connectivity index (χ4n) is 4.60. The van der Waals surface area contributed by atoms with E-state index in [9.17, 15) is 4.39 Å². The first-order valence-corrected chi connectivity index (χ1v) is 10.4. The normalized spacial score (nSPS) is 26.1. The van der Waals surface area contributed by atoms with Gasteiger partial charge in [-0.15, -0.1) is 0 Å². The molecule has 0 amide bonds. The fraction of sp³-hybridized carbons (Fsp3) is 0.250. The van der Waals surface area contributed by atoms with E-state index >= 15 is 0 Å². The van der Waals surface area contributed by atoms with Crippen LogP contribution in [0.5, 0.6) is 11.5 Å². The Labute approximate surface area is 179 Å². The van der Waals surface area contributed by atoms with Gasteiger partial charge in [-0.25, -0.2) is 4.39 Å². The highest BCUT2D eigenvalue weighted by molar-refractivity contribution is 6.52. The Morgan fingerprint density at radius 3 is 2.34 bits per heavy atom. The molecule has 0 aromatic heterocycles. The Hall–Kier alpha value is -2.23. The van der Waals surface area contributed by atoms with E-state index in [0.717, 1.165) is 28.2 Å². The van der Waals surface area contributed by atoms with E-state index in [1.807, 2.05) is 55.5 Å². The van der Waals surface area contributed by atoms with E-state index < -0.39 is 9.93 Å². The van der Waals surface area contributed by atoms with Crippen molar-refractivity contribution in [2.24, 2.45) is 5.92 Å². The van der Waals surface area contributed by atoms with Crippen LogP contribution in [0, 0.1) is 11.7 Å². The molecule has 1 aliphatic heterocycles. The van der Waals surface area contributed by atoms with Crippen molar-refractivity contribution in [3.8, 4) is 11.5 Å². The first-order chi connectivity index (χ1) is 14.0. The molecule has 1 heterocycles. The molecule has 3 aromatic carbocycles. The van der Waals surface area contributed by atoms with Crippen LogP contribution in [0.3, 0.4) is 0 Å². The van der Waals surface area contributed by atoms with Gasteiger partial charge in [0.05, 0.1) is 12.5 Å². The van der Waals surface area contributed by atoms with Crippen molar-refractivity contribution in [1.82, 2.24) is 0 Å². The molecule has 29 heavy (non-hydrogen) atoms. The highest BCUT2D eigenvalue weighted by Crippen LogP contribution is 2.77. The summed E-state index contributed by atoms with van der Waals surface area (Å²) in [7, 11) is 0. The number of rotatable bonds is 4. The third-order valence-electron chi connectivity index (χ3n) is 5.92. The maximum atomic E-state index is 13.6. The standard InChI is InChI=1S/C24H19Cl2FO2/c1-2-28-18-13-9-16(10-14-18)23-22(24(23,25)26)21(15-7-11-17(27)12-8-15)19-5-3-4-6-20(19)29-23/h3-14,21-22H,2H2,1H3/t21-,22-,23-/m1/s1. The third-order valence-corrected chi connectivity index (χ3v) is 6.95. The van der Waals surface area contributed by atoms with E-state index in [2.05, 4.69) is 0 Å². The van der Waals surface area contributed by atoms with Crippen LogP contribution < -0.4 is 9.47 Å². The van der Waals surface area contributed by atoms with E-state index in [1.165, 1.54) is 12.1 Å². The SMILES string of the molecule is CCOc1ccc([C@@]23Oc4ccccc4[C@@H](c4ccc(F)cc4)[C@H]2C3(Cl)Cl)cc1. The molecule has 3 atom stereocenters. The van der Waals surface area contributed by atoms with Crippen LogP contribution in [0.4, 0.5) is 4.39 Å². The Morgan fingerprint density at radius 2 is 1.66 bits per heavy atom. The second-order valence-electron chi connectivity index (χ2n) is 7.46. The summed E-state index contributed by atoms with van der Waals surface area (Å²) in [5.74, 6) is 0.936. The molecule has 5 rings (SSSR count). The average Bonchev–Trinajstić information content (AvgIpc) is 3.23. The Kier molecular flexibility index (Phi) is 4.30. The maximum Gasteiger partial charge on any atom is 0.174 e. The van der Waals surface area contributed by atoms with Crippen LogP contribution >= 0.6 is 23.2 Å². The van der Waals surface area contributed by atoms with E-state index in [1.54, 1.807) is 12.1 Å². The second-order valence-corrected chi connectivity index (χ2v) is 8.85. The summed E-state index contributed by atoms with van der Waals surface area (Å²) in [4.78, 5) is 0. The van der Waals surface area contributed by atoms with Crippen LogP contribution in [0.1, 0.15) is 29.5 Å². The van der Waals surface area contributed by atoms with E-state index in [-0.39, 0.29) is 17.7 Å². The van der Waals surface area contributed by atoms with E-state index in [0.29, 0.717) is 6.61 Å². The van der Waals surface area contributed by atoms with Crippen molar-refractivity contribution in [1.29, 1.82) is 0 Å². The molecule has 148 valence electrons. The highest BCUT2D eigenvalue weighted by Gasteiger charge is 2.83. The zero-order valence-corrected chi connectivity index (χ0v) is 17.3. The van der Waals surface area contributed by atoms with Gasteiger partial charge in [-0.3, -0.25) is 0 Å². The van der Waals surface area contributed by atoms with Crippen molar-refractivity contribution in [3.05, 3.63) is 95.3 Å². The fourth-order valence-corrected chi connectivity index (χ4v) is 5.58. The molecule has 0 N–H and O–H groups in total. The van der Waals surface area contributed by atoms with Gasteiger partial charge in [0.25, 0.3) is 0 Å². The molecule has 2 nitrogen and oxygen atoms in total. The first kappa shape index (κ1) is 18.8. The number of para-hydroxylation sites is 1. The number of benzene rings is 3. The Morgan fingerprint density at radius 1 is 0.966 bits per heavy atom. The number of fused-ring (bicyclic) bond motifs is 2. The van der Waals surface area contributed by atoms with Gasteiger partial charge in [0.2, 0.25) is 0 Å². The van der Waals surface area contributed by atoms with Crippen molar-refractivity contribution >= 4 is 23.2 Å². The van der Waals surface area contributed by atoms with E-state index in [4.69, 9.17) is 32.7 Å². The monoisotopic (exact) mass is 428 g/mol. The molecule has 0 saturated heterocycles. The topological polar surface area (TPSA) is 18.5 Å². The maximum absolute atomic E-state index is 13.6. The lowest BCUT2D eigenvalue weighted by Gasteiger charge is -2.31. The highest BCUT2D eigenvalue weighted by atomic mass is 35.5. The summed E-state index contributed by atoms with van der Waals surface area (Å²) >= 11 is 13.8. The van der Waals surface area contributed by atoms with Crippen molar-refractivity contribution in [3.63, 3.8) is 0 Å². The summed E-state index contributed by atoms with van der Waals surface area (Å²) in [6.45, 7) is 2.54. The van der Waals surface area contributed by atoms with Gasteiger partial charge in [-0.2, -0.15) is 0 Å². The van der Waals surface area contributed by atoms with Crippen LogP contribution in [-0.2, 0) is 5.60 Å². The number of ether oxygens (including phenoxy) is 2. The zero-order valence-electron chi connectivity index (χ0n) is 15.7. The van der Waals surface area contributed by atoms with Crippen LogP contribution in [0.15, 0.2) is 72.8 Å². The van der Waals surface area contributed by atoms with Gasteiger partial charge in [0.1, 0.15) is 17.3 Å². The molecular weight excluding hydrogens is 410 g/mol. The van der Waals surface area contributed by atoms with Gasteiger partial charge in [0, 0.05) is 11.5 Å². The molecule has 1 saturated carbocycles. The molecule has 1 fully saturated rings. The lowest BCUT2D eigenvalue weighted by Crippen LogP contribution is -2.28. The lowest BCUT2D eigenvalue weighted by molar-refractivity contribution is 0.137. The summed E-state index contributed by atoms with van der Waals surface area (Å²) < 4.78 is 24.5. The summed E-state index contributed by atoms with van der Waals surface area (Å²) in [6.07, 6.45) is 0. The Bertz CT molecular complexity index is 1050. The lowest BCUT2D eigenvalue weighted by atomic mass is 9.82. The first-order valence-electron chi connectivity index (χ1n) is 9.63. The van der Waals surface area contributed by atoms with Crippen LogP contribution in [-0.4, -0.2) is 10.9 Å². The minimum absolute atomic E-state index is 0.109. The zero-order chi connectivity index (χ0) is 20.2. The summed E-state index contributed by atoms with van der Waals surface area (Å²) in [5.41, 5.74) is 1.99. The minimum Gasteiger partial charge on any atom is -0.494 e. The van der Waals surface area contributed by atoms with Gasteiger partial charge in [-0.05, 0) is 48.4 Å². The quantitative estimate of drug-likeness (QED) is 0.444. The average molecular weight is 429 g/mol. The van der Waals surface area contributed by atoms with Crippen LogP contribution in [0.2, 0.25) is 0 Å². The van der Waals surface area contributed by atoms with Crippen LogP contribution in [0.25, 0.3) is 0 Å². The number of hydrogen-bond donors (Lipinski definition) is 0. The molecule has 3 aromatic rings. The molecular formula is C24H19Cl2FO2. The molecule has 0 unspecified atom stereocenters. The Balaban J connectivity index is 1.65. The molecule has 0 radical (unpaired) electrons. The van der Waals surface area contributed by atoms with Gasteiger partial charge in [0.15, 0.2) is 9.93 Å². The van der Waals surface area contributed by atoms with Gasteiger partial charge >= 0.3 is 0 Å². The number of halogens is 3. The summed E-state index contributed by atoms with van der Waals surface area (Å²) in [5, 5.41) is 0. The molecule has 1 aliphatic carbocycles. The molecule has 0 bridgehead atoms. The summed E-state index contributed by atoms with van der Waals surface area (Å²) in [6, 6.07) is 22.1. The number of alkyl halides is 2. The third kappa shape index (κ3) is 2.68. The predicted octanol–water partition coefficient (Wildman–Crippen LogP) is 6.45. The molecule has 2 aliphatic rings. The largest absolute Gasteiger partial charge is 0.494 e. The predicted molar refractivity (Wildman–Crippen MR) is 113 cm³/mol. The smallest absolute Gasteiger partial charge is 0.174 e. The second kappa shape index (κ2) is 6.65. The van der Waals surface area contributed by atoms with Gasteiger partial charge in [-0.1, -0.05) is 65.7 Å². The minimum atomic E-state index is -1.13.